The molecule has 2 N–H and O–H groups in total. The van der Waals surface area contributed by atoms with Gasteiger partial charge in [0.15, 0.2) is 5.78 Å². The van der Waals surface area contributed by atoms with Crippen LogP contribution in [0.25, 0.3) is 5.69 Å². The van der Waals surface area contributed by atoms with Gasteiger partial charge in [-0.25, -0.2) is 4.68 Å². The Morgan fingerprint density at radius 3 is 2.66 bits per heavy atom. The van der Waals surface area contributed by atoms with Gasteiger partial charge < -0.3 is 15.4 Å². The number of aromatic nitrogens is 3. The van der Waals surface area contributed by atoms with Crippen LogP contribution in [-0.2, 0) is 0 Å². The number of likely N-dealkylation sites (tertiary alicyclic amines) is 1. The monoisotopic (exact) mass is 391 g/mol. The van der Waals surface area contributed by atoms with Crippen molar-refractivity contribution in [3.8, 4) is 11.4 Å². The standard InChI is InChI=1S/C21H21N5O3/c1-29-16-7-5-15(6-8-16)26-20(22)17(12-24-26)19(27)14-9-11-25(13-14)21(28)18-4-2-3-10-23-18/h2-8,10,12,14H,9,11,13,22H2,1H3/t14-/m1/s1. The number of rotatable bonds is 5. The van der Waals surface area contributed by atoms with E-state index in [4.69, 9.17) is 10.5 Å². The van der Waals surface area contributed by atoms with E-state index in [1.807, 2.05) is 12.1 Å². The number of methoxy groups -OCH3 is 1. The molecule has 4 rings (SSSR count). The molecule has 0 radical (unpaired) electrons. The predicted octanol–water partition coefficient (Wildman–Crippen LogP) is 2.20. The Labute approximate surface area is 167 Å². The summed E-state index contributed by atoms with van der Waals surface area (Å²) in [6, 6.07) is 12.4. The van der Waals surface area contributed by atoms with Crippen molar-refractivity contribution >= 4 is 17.5 Å². The molecule has 148 valence electrons. The Morgan fingerprint density at radius 1 is 1.17 bits per heavy atom. The molecule has 0 spiro atoms. The van der Waals surface area contributed by atoms with Crippen LogP contribution in [0.2, 0.25) is 0 Å². The number of hydrogen-bond acceptors (Lipinski definition) is 6. The number of pyridine rings is 1. The van der Waals surface area contributed by atoms with Gasteiger partial charge in [-0.15, -0.1) is 0 Å². The third-order valence-electron chi connectivity index (χ3n) is 5.12. The zero-order valence-corrected chi connectivity index (χ0v) is 16.0. The van der Waals surface area contributed by atoms with Gasteiger partial charge in [0.1, 0.15) is 17.3 Å². The van der Waals surface area contributed by atoms with Gasteiger partial charge in [0, 0.05) is 25.2 Å². The first-order valence-electron chi connectivity index (χ1n) is 9.31. The smallest absolute Gasteiger partial charge is 0.272 e. The molecule has 1 aliphatic rings. The predicted molar refractivity (Wildman–Crippen MR) is 107 cm³/mol. The molecule has 2 aromatic heterocycles. The van der Waals surface area contributed by atoms with Gasteiger partial charge in [-0.2, -0.15) is 5.10 Å². The number of nitrogens with two attached hydrogens (primary N) is 1. The summed E-state index contributed by atoms with van der Waals surface area (Å²) in [5.74, 6) is 0.439. The third kappa shape index (κ3) is 3.56. The van der Waals surface area contributed by atoms with Gasteiger partial charge in [0.2, 0.25) is 0 Å². The summed E-state index contributed by atoms with van der Waals surface area (Å²) < 4.78 is 6.68. The summed E-state index contributed by atoms with van der Waals surface area (Å²) in [6.45, 7) is 0.861. The molecular formula is C21H21N5O3. The fourth-order valence-electron chi connectivity index (χ4n) is 3.51. The number of ether oxygens (including phenoxy) is 1. The average Bonchev–Trinajstić information content (AvgIpc) is 3.41. The maximum atomic E-state index is 13.0. The minimum absolute atomic E-state index is 0.0985. The number of carbonyl (C=O) groups is 2. The van der Waals surface area contributed by atoms with Gasteiger partial charge in [-0.3, -0.25) is 14.6 Å². The van der Waals surface area contributed by atoms with Crippen molar-refractivity contribution in [3.63, 3.8) is 0 Å². The van der Waals surface area contributed by atoms with Crippen LogP contribution in [0.4, 0.5) is 5.82 Å². The molecule has 1 aliphatic heterocycles. The second-order valence-corrected chi connectivity index (χ2v) is 6.87. The van der Waals surface area contributed by atoms with Gasteiger partial charge in [0.05, 0.1) is 24.6 Å². The van der Waals surface area contributed by atoms with E-state index in [-0.39, 0.29) is 23.4 Å². The maximum Gasteiger partial charge on any atom is 0.272 e. The maximum absolute atomic E-state index is 13.0. The van der Waals surface area contributed by atoms with Crippen molar-refractivity contribution in [2.75, 3.05) is 25.9 Å². The molecule has 0 bridgehead atoms. The number of amides is 1. The SMILES string of the molecule is COc1ccc(-n2ncc(C(=O)[C@@H]3CCN(C(=O)c4ccccn4)C3)c2N)cc1. The van der Waals surface area contributed by atoms with Crippen LogP contribution in [0.5, 0.6) is 5.75 Å². The molecule has 1 aromatic carbocycles. The van der Waals surface area contributed by atoms with E-state index < -0.39 is 0 Å². The summed E-state index contributed by atoms with van der Waals surface area (Å²) in [7, 11) is 1.59. The summed E-state index contributed by atoms with van der Waals surface area (Å²) >= 11 is 0. The number of Topliss-reactive ketones (excluding diaryl/α,β-unsaturated/α-hetero) is 1. The molecule has 0 unspecified atom stereocenters. The number of nitrogen functional groups attached to an aromatic ring is 1. The first kappa shape index (κ1) is 18.7. The highest BCUT2D eigenvalue weighted by molar-refractivity contribution is 6.02. The van der Waals surface area contributed by atoms with Crippen molar-refractivity contribution in [2.24, 2.45) is 5.92 Å². The van der Waals surface area contributed by atoms with Crippen LogP contribution >= 0.6 is 0 Å². The summed E-state index contributed by atoms with van der Waals surface area (Å²) in [5.41, 5.74) is 7.71. The molecule has 1 atom stereocenters. The Kier molecular flexibility index (Phi) is 4.99. The van der Waals surface area contributed by atoms with Gasteiger partial charge >= 0.3 is 0 Å². The van der Waals surface area contributed by atoms with Crippen LogP contribution in [-0.4, -0.2) is 51.6 Å². The quantitative estimate of drug-likeness (QED) is 0.669. The van der Waals surface area contributed by atoms with Crippen molar-refractivity contribution < 1.29 is 14.3 Å². The molecule has 8 nitrogen and oxygen atoms in total. The number of benzene rings is 1. The van der Waals surface area contributed by atoms with Crippen LogP contribution in [0.1, 0.15) is 27.3 Å². The van der Waals surface area contributed by atoms with Crippen molar-refractivity contribution in [2.45, 2.75) is 6.42 Å². The minimum atomic E-state index is -0.307. The average molecular weight is 391 g/mol. The highest BCUT2D eigenvalue weighted by Crippen LogP contribution is 2.26. The molecular weight excluding hydrogens is 370 g/mol. The number of ketones is 1. The number of hydrogen-bond donors (Lipinski definition) is 1. The van der Waals surface area contributed by atoms with Crippen LogP contribution in [0.3, 0.4) is 0 Å². The zero-order valence-electron chi connectivity index (χ0n) is 16.0. The fourth-order valence-corrected chi connectivity index (χ4v) is 3.51. The van der Waals surface area contributed by atoms with E-state index in [1.165, 1.54) is 10.9 Å². The van der Waals surface area contributed by atoms with E-state index in [0.29, 0.717) is 30.8 Å². The second-order valence-electron chi connectivity index (χ2n) is 6.87. The Balaban J connectivity index is 1.49. The summed E-state index contributed by atoms with van der Waals surface area (Å²) in [4.78, 5) is 31.3. The molecule has 29 heavy (non-hydrogen) atoms. The van der Waals surface area contributed by atoms with Crippen LogP contribution in [0, 0.1) is 5.92 Å². The van der Waals surface area contributed by atoms with Gasteiger partial charge in [-0.1, -0.05) is 6.07 Å². The van der Waals surface area contributed by atoms with E-state index >= 15 is 0 Å². The molecule has 0 aliphatic carbocycles. The lowest BCUT2D eigenvalue weighted by Gasteiger charge is -2.15. The van der Waals surface area contributed by atoms with Crippen LogP contribution in [0.15, 0.2) is 54.9 Å². The topological polar surface area (TPSA) is 103 Å². The molecule has 1 fully saturated rings. The fraction of sp³-hybridized carbons (Fsp3) is 0.238. The molecule has 1 amide bonds. The lowest BCUT2D eigenvalue weighted by atomic mass is 9.98. The van der Waals surface area contributed by atoms with E-state index in [0.717, 1.165) is 11.4 Å². The van der Waals surface area contributed by atoms with Gasteiger partial charge in [0.25, 0.3) is 5.91 Å². The first-order valence-corrected chi connectivity index (χ1v) is 9.31. The lowest BCUT2D eigenvalue weighted by Crippen LogP contribution is -2.30. The van der Waals surface area contributed by atoms with Crippen LogP contribution < -0.4 is 10.5 Å². The van der Waals surface area contributed by atoms with E-state index in [9.17, 15) is 9.59 Å². The normalized spacial score (nSPS) is 16.0. The van der Waals surface area contributed by atoms with E-state index in [2.05, 4.69) is 10.1 Å². The summed E-state index contributed by atoms with van der Waals surface area (Å²) in [5, 5.41) is 4.28. The Morgan fingerprint density at radius 2 is 1.97 bits per heavy atom. The number of nitrogens with zero attached hydrogens (tertiary/aromatic N) is 4. The molecule has 1 saturated heterocycles. The Bertz CT molecular complexity index is 1030. The molecule has 8 heteroatoms. The molecule has 3 heterocycles. The second kappa shape index (κ2) is 7.75. The molecule has 3 aromatic rings. The largest absolute Gasteiger partial charge is 0.497 e. The third-order valence-corrected chi connectivity index (χ3v) is 5.12. The zero-order chi connectivity index (χ0) is 20.4. The van der Waals surface area contributed by atoms with E-state index in [1.54, 1.807) is 48.5 Å². The Hall–Kier alpha value is -3.68. The first-order chi connectivity index (χ1) is 14.1. The highest BCUT2D eigenvalue weighted by atomic mass is 16.5. The summed E-state index contributed by atoms with van der Waals surface area (Å²) in [6.07, 6.45) is 3.66. The number of anilines is 1. The minimum Gasteiger partial charge on any atom is -0.497 e. The molecule has 0 saturated carbocycles. The highest BCUT2D eigenvalue weighted by Gasteiger charge is 2.34. The lowest BCUT2D eigenvalue weighted by molar-refractivity contribution is 0.0775. The number of carbonyl (C=O) groups excluding carboxylic acids is 2. The van der Waals surface area contributed by atoms with Crippen molar-refractivity contribution in [1.82, 2.24) is 19.7 Å². The van der Waals surface area contributed by atoms with Crippen molar-refractivity contribution in [1.29, 1.82) is 0 Å². The van der Waals surface area contributed by atoms with Gasteiger partial charge in [-0.05, 0) is 42.8 Å². The van der Waals surface area contributed by atoms with Crippen molar-refractivity contribution in [3.05, 3.63) is 66.1 Å².